The molecule has 1 aliphatic carbocycles. The van der Waals surface area contributed by atoms with Crippen LogP contribution >= 0.6 is 11.6 Å². The number of hydrogen-bond donors (Lipinski definition) is 4. The van der Waals surface area contributed by atoms with E-state index in [4.69, 9.17) is 16.8 Å². The SMILES string of the molecule is C/C(=C/C(=O)NO)c1ccc2c(c1)CCC2NCCc1c[nH]c2ccc(Cl)cc12. The summed E-state index contributed by atoms with van der Waals surface area (Å²) < 4.78 is 0. The Labute approximate surface area is 174 Å². The van der Waals surface area contributed by atoms with E-state index in [-0.39, 0.29) is 0 Å². The second kappa shape index (κ2) is 8.41. The summed E-state index contributed by atoms with van der Waals surface area (Å²) in [5.41, 5.74) is 8.50. The minimum atomic E-state index is -0.513. The van der Waals surface area contributed by atoms with Gasteiger partial charge in [-0.05, 0) is 78.8 Å². The van der Waals surface area contributed by atoms with Gasteiger partial charge >= 0.3 is 0 Å². The number of fused-ring (bicyclic) bond motifs is 2. The van der Waals surface area contributed by atoms with Gasteiger partial charge in [0.25, 0.3) is 5.91 Å². The minimum Gasteiger partial charge on any atom is -0.361 e. The predicted molar refractivity (Wildman–Crippen MR) is 116 cm³/mol. The quantitative estimate of drug-likeness (QED) is 0.274. The summed E-state index contributed by atoms with van der Waals surface area (Å²) >= 11 is 6.14. The van der Waals surface area contributed by atoms with E-state index >= 15 is 0 Å². The van der Waals surface area contributed by atoms with Crippen molar-refractivity contribution in [2.75, 3.05) is 6.54 Å². The van der Waals surface area contributed by atoms with Crippen molar-refractivity contribution < 1.29 is 10.0 Å². The maximum Gasteiger partial charge on any atom is 0.267 e. The molecule has 1 aromatic heterocycles. The fourth-order valence-corrected chi connectivity index (χ4v) is 4.30. The van der Waals surface area contributed by atoms with Gasteiger partial charge in [0.2, 0.25) is 0 Å². The van der Waals surface area contributed by atoms with Crippen LogP contribution in [0.2, 0.25) is 5.02 Å². The monoisotopic (exact) mass is 409 g/mol. The number of carbonyl (C=O) groups is 1. The molecule has 3 aromatic rings. The van der Waals surface area contributed by atoms with Crippen LogP contribution in [0, 0.1) is 0 Å². The van der Waals surface area contributed by atoms with Crippen LogP contribution in [0.5, 0.6) is 0 Å². The number of hydrogen-bond acceptors (Lipinski definition) is 3. The highest BCUT2D eigenvalue weighted by Crippen LogP contribution is 2.33. The van der Waals surface area contributed by atoms with Crippen molar-refractivity contribution in [1.29, 1.82) is 0 Å². The lowest BCUT2D eigenvalue weighted by atomic mass is 10.00. The molecule has 5 nitrogen and oxygen atoms in total. The number of rotatable bonds is 6. The van der Waals surface area contributed by atoms with Crippen molar-refractivity contribution in [2.24, 2.45) is 0 Å². The molecule has 0 saturated carbocycles. The zero-order valence-electron chi connectivity index (χ0n) is 16.3. The van der Waals surface area contributed by atoms with Crippen LogP contribution < -0.4 is 10.8 Å². The normalized spacial score (nSPS) is 16.2. The Kier molecular flexibility index (Phi) is 5.72. The number of nitrogens with one attached hydrogen (secondary N) is 3. The number of H-pyrrole nitrogens is 1. The highest BCUT2D eigenvalue weighted by Gasteiger charge is 2.22. The molecule has 1 aliphatic rings. The molecule has 0 saturated heterocycles. The molecule has 1 atom stereocenters. The van der Waals surface area contributed by atoms with E-state index in [0.717, 1.165) is 47.5 Å². The third-order valence-corrected chi connectivity index (χ3v) is 5.88. The highest BCUT2D eigenvalue weighted by atomic mass is 35.5. The fraction of sp³-hybridized carbons (Fsp3) is 0.261. The average Bonchev–Trinajstić information content (AvgIpc) is 3.31. The summed E-state index contributed by atoms with van der Waals surface area (Å²) in [6, 6.07) is 12.6. The number of allylic oxidation sites excluding steroid dienone is 1. The molecule has 4 rings (SSSR count). The van der Waals surface area contributed by atoms with Crippen molar-refractivity contribution in [3.63, 3.8) is 0 Å². The summed E-state index contributed by atoms with van der Waals surface area (Å²) in [5, 5.41) is 14.3. The molecular weight excluding hydrogens is 386 g/mol. The Bertz CT molecular complexity index is 1090. The second-order valence-corrected chi connectivity index (χ2v) is 7.95. The molecule has 0 aliphatic heterocycles. The Morgan fingerprint density at radius 3 is 3.00 bits per heavy atom. The molecular formula is C23H24ClN3O2. The van der Waals surface area contributed by atoms with Crippen LogP contribution in [0.3, 0.4) is 0 Å². The molecule has 0 spiro atoms. The van der Waals surface area contributed by atoms with E-state index in [1.54, 1.807) is 5.48 Å². The smallest absolute Gasteiger partial charge is 0.267 e. The number of halogens is 1. The van der Waals surface area contributed by atoms with Gasteiger partial charge in [-0.2, -0.15) is 0 Å². The molecule has 1 amide bonds. The summed E-state index contributed by atoms with van der Waals surface area (Å²) in [5.74, 6) is -0.513. The first-order chi connectivity index (χ1) is 14.0. The molecule has 0 fully saturated rings. The highest BCUT2D eigenvalue weighted by molar-refractivity contribution is 6.31. The number of aromatic amines is 1. The molecule has 4 N–H and O–H groups in total. The van der Waals surface area contributed by atoms with Gasteiger partial charge in [0.1, 0.15) is 0 Å². The van der Waals surface area contributed by atoms with Crippen LogP contribution in [-0.4, -0.2) is 22.6 Å². The van der Waals surface area contributed by atoms with E-state index in [1.165, 1.54) is 28.2 Å². The Morgan fingerprint density at radius 1 is 1.31 bits per heavy atom. The molecule has 29 heavy (non-hydrogen) atoms. The Balaban J connectivity index is 1.41. The molecule has 0 bridgehead atoms. The number of aryl methyl sites for hydroxylation is 1. The lowest BCUT2D eigenvalue weighted by Crippen LogP contribution is -2.21. The van der Waals surface area contributed by atoms with E-state index < -0.39 is 5.91 Å². The summed E-state index contributed by atoms with van der Waals surface area (Å²) in [6.45, 7) is 2.76. The lowest BCUT2D eigenvalue weighted by molar-refractivity contribution is -0.124. The van der Waals surface area contributed by atoms with Gasteiger partial charge < -0.3 is 10.3 Å². The van der Waals surface area contributed by atoms with Crippen LogP contribution in [0.15, 0.2) is 48.7 Å². The Hall–Kier alpha value is -2.60. The standard InChI is InChI=1S/C23H24ClN3O2/c1-14(10-23(28)27-29)15-2-5-19-16(11-15)3-6-21(19)25-9-8-17-13-26-22-7-4-18(24)12-20(17)22/h2,4-5,7,10-13,21,25-26,29H,3,6,8-9H2,1H3,(H,27,28)/b14-10-. The average molecular weight is 410 g/mol. The fourth-order valence-electron chi connectivity index (χ4n) is 4.13. The van der Waals surface area contributed by atoms with Crippen LogP contribution in [-0.2, 0) is 17.6 Å². The largest absolute Gasteiger partial charge is 0.361 e. The van der Waals surface area contributed by atoms with E-state index in [2.05, 4.69) is 28.6 Å². The molecule has 6 heteroatoms. The van der Waals surface area contributed by atoms with E-state index in [0.29, 0.717) is 6.04 Å². The van der Waals surface area contributed by atoms with Crippen molar-refractivity contribution >= 4 is 34.0 Å². The van der Waals surface area contributed by atoms with Gasteiger partial charge in [0.15, 0.2) is 0 Å². The molecule has 1 unspecified atom stereocenters. The van der Waals surface area contributed by atoms with Crippen LogP contribution in [0.1, 0.15) is 41.6 Å². The molecule has 1 heterocycles. The number of amides is 1. The minimum absolute atomic E-state index is 0.345. The van der Waals surface area contributed by atoms with Gasteiger partial charge in [-0.25, -0.2) is 5.48 Å². The third kappa shape index (κ3) is 4.22. The third-order valence-electron chi connectivity index (χ3n) is 5.65. The predicted octanol–water partition coefficient (Wildman–Crippen LogP) is 4.55. The van der Waals surface area contributed by atoms with E-state index in [9.17, 15) is 4.79 Å². The Morgan fingerprint density at radius 2 is 2.17 bits per heavy atom. The van der Waals surface area contributed by atoms with Crippen LogP contribution in [0.25, 0.3) is 16.5 Å². The van der Waals surface area contributed by atoms with Gasteiger partial charge in [-0.15, -0.1) is 0 Å². The molecule has 0 radical (unpaired) electrons. The molecule has 2 aromatic carbocycles. The lowest BCUT2D eigenvalue weighted by Gasteiger charge is -2.14. The van der Waals surface area contributed by atoms with E-state index in [1.807, 2.05) is 31.2 Å². The second-order valence-electron chi connectivity index (χ2n) is 7.52. The van der Waals surface area contributed by atoms with Gasteiger partial charge in [-0.3, -0.25) is 10.0 Å². The first kappa shape index (κ1) is 19.7. The zero-order chi connectivity index (χ0) is 20.4. The van der Waals surface area contributed by atoms with Crippen molar-refractivity contribution in [3.8, 4) is 0 Å². The van der Waals surface area contributed by atoms with Gasteiger partial charge in [-0.1, -0.05) is 29.8 Å². The zero-order valence-corrected chi connectivity index (χ0v) is 17.0. The van der Waals surface area contributed by atoms with Crippen molar-refractivity contribution in [1.82, 2.24) is 15.8 Å². The number of hydroxylamine groups is 1. The summed E-state index contributed by atoms with van der Waals surface area (Å²) in [6.07, 6.45) is 6.48. The maximum absolute atomic E-state index is 11.3. The first-order valence-corrected chi connectivity index (χ1v) is 10.2. The first-order valence-electron chi connectivity index (χ1n) is 9.79. The number of benzene rings is 2. The maximum atomic E-state index is 11.3. The molecule has 150 valence electrons. The van der Waals surface area contributed by atoms with Gasteiger partial charge in [0, 0.05) is 34.2 Å². The summed E-state index contributed by atoms with van der Waals surface area (Å²) in [4.78, 5) is 14.6. The van der Waals surface area contributed by atoms with Crippen LogP contribution in [0.4, 0.5) is 0 Å². The number of aromatic nitrogens is 1. The topological polar surface area (TPSA) is 77.2 Å². The van der Waals surface area contributed by atoms with Gasteiger partial charge in [0.05, 0.1) is 0 Å². The number of carbonyl (C=O) groups excluding carboxylic acids is 1. The van der Waals surface area contributed by atoms with Crippen molar-refractivity contribution in [2.45, 2.75) is 32.2 Å². The summed E-state index contributed by atoms with van der Waals surface area (Å²) in [7, 11) is 0. The van der Waals surface area contributed by atoms with Crippen molar-refractivity contribution in [3.05, 3.63) is 75.9 Å².